The van der Waals surface area contributed by atoms with E-state index in [1.807, 2.05) is 6.92 Å². The first-order chi connectivity index (χ1) is 12.4. The molecule has 3 rings (SSSR count). The molecule has 1 aromatic carbocycles. The first kappa shape index (κ1) is 19.3. The number of hydrogen-bond donors (Lipinski definition) is 2. The number of benzene rings is 1. The molecule has 0 spiro atoms. The molecule has 2 N–H and O–H groups in total. The molecule has 2 aliphatic rings. The molecular formula is C21H33N3O2. The van der Waals surface area contributed by atoms with Crippen LogP contribution in [0.2, 0.25) is 0 Å². The van der Waals surface area contributed by atoms with Crippen molar-refractivity contribution in [1.82, 2.24) is 15.1 Å². The van der Waals surface area contributed by atoms with Crippen molar-refractivity contribution >= 4 is 5.91 Å². The molecule has 2 heterocycles. The summed E-state index contributed by atoms with van der Waals surface area (Å²) in [4.78, 5) is 16.9. The zero-order chi connectivity index (χ0) is 18.6. The molecule has 0 aliphatic carbocycles. The number of rotatable bonds is 6. The van der Waals surface area contributed by atoms with Gasteiger partial charge in [0.15, 0.2) is 0 Å². The molecule has 2 aliphatic heterocycles. The Bertz CT molecular complexity index is 588. The van der Waals surface area contributed by atoms with E-state index >= 15 is 0 Å². The van der Waals surface area contributed by atoms with Crippen LogP contribution in [0.15, 0.2) is 24.3 Å². The quantitative estimate of drug-likeness (QED) is 0.817. The van der Waals surface area contributed by atoms with Gasteiger partial charge in [-0.05, 0) is 58.2 Å². The molecule has 0 radical (unpaired) electrons. The van der Waals surface area contributed by atoms with Gasteiger partial charge in [-0.25, -0.2) is 0 Å². The SMILES string of the molecule is Cc1ccc(C(C)NC(=O)CN2CCC(O)(CN3CCCC3)CC2)cc1. The van der Waals surface area contributed by atoms with Gasteiger partial charge in [-0.2, -0.15) is 0 Å². The van der Waals surface area contributed by atoms with Gasteiger partial charge in [-0.1, -0.05) is 29.8 Å². The number of amides is 1. The van der Waals surface area contributed by atoms with Gasteiger partial charge >= 0.3 is 0 Å². The van der Waals surface area contributed by atoms with Crippen LogP contribution in [-0.4, -0.2) is 65.7 Å². The lowest BCUT2D eigenvalue weighted by atomic mass is 9.91. The number of hydrogen-bond acceptors (Lipinski definition) is 4. The molecular weight excluding hydrogens is 326 g/mol. The van der Waals surface area contributed by atoms with Crippen molar-refractivity contribution in [3.63, 3.8) is 0 Å². The molecule has 1 aromatic rings. The Hall–Kier alpha value is -1.43. The third-order valence-electron chi connectivity index (χ3n) is 5.83. The van der Waals surface area contributed by atoms with Crippen molar-refractivity contribution in [1.29, 1.82) is 0 Å². The number of piperidine rings is 1. The zero-order valence-corrected chi connectivity index (χ0v) is 16.2. The van der Waals surface area contributed by atoms with Crippen LogP contribution in [0.1, 0.15) is 49.8 Å². The van der Waals surface area contributed by atoms with Crippen molar-refractivity contribution in [3.05, 3.63) is 35.4 Å². The van der Waals surface area contributed by atoms with E-state index in [-0.39, 0.29) is 11.9 Å². The van der Waals surface area contributed by atoms with Crippen LogP contribution in [0.25, 0.3) is 0 Å². The summed E-state index contributed by atoms with van der Waals surface area (Å²) in [7, 11) is 0. The van der Waals surface area contributed by atoms with Crippen LogP contribution in [0.5, 0.6) is 0 Å². The standard InChI is InChI=1S/C21H33N3O2/c1-17-5-7-19(8-6-17)18(2)22-20(25)15-23-13-9-21(26,10-14-23)16-24-11-3-4-12-24/h5-8,18,26H,3-4,9-16H2,1-2H3,(H,22,25). The molecule has 26 heavy (non-hydrogen) atoms. The predicted molar refractivity (Wildman–Crippen MR) is 104 cm³/mol. The van der Waals surface area contributed by atoms with E-state index < -0.39 is 5.60 Å². The third kappa shape index (κ3) is 5.29. The average molecular weight is 360 g/mol. The Balaban J connectivity index is 1.42. The Kier molecular flexibility index (Phi) is 6.33. The van der Waals surface area contributed by atoms with Crippen LogP contribution in [0, 0.1) is 6.92 Å². The number of carbonyl (C=O) groups excluding carboxylic acids is 1. The summed E-state index contributed by atoms with van der Waals surface area (Å²) in [6.07, 6.45) is 4.01. The van der Waals surface area contributed by atoms with Crippen molar-refractivity contribution in [2.75, 3.05) is 39.3 Å². The van der Waals surface area contributed by atoms with Gasteiger partial charge in [0.05, 0.1) is 18.2 Å². The van der Waals surface area contributed by atoms with Crippen LogP contribution in [0.3, 0.4) is 0 Å². The molecule has 0 saturated carbocycles. The van der Waals surface area contributed by atoms with Gasteiger partial charge in [0.25, 0.3) is 0 Å². The zero-order valence-electron chi connectivity index (χ0n) is 16.2. The highest BCUT2D eigenvalue weighted by molar-refractivity contribution is 5.78. The summed E-state index contributed by atoms with van der Waals surface area (Å²) in [6, 6.07) is 8.30. The van der Waals surface area contributed by atoms with Crippen molar-refractivity contribution < 1.29 is 9.90 Å². The molecule has 0 bridgehead atoms. The minimum atomic E-state index is -0.577. The summed E-state index contributed by atoms with van der Waals surface area (Å²) in [5.41, 5.74) is 1.77. The lowest BCUT2D eigenvalue weighted by Gasteiger charge is -2.40. The maximum absolute atomic E-state index is 12.4. The highest BCUT2D eigenvalue weighted by Crippen LogP contribution is 2.25. The fourth-order valence-electron chi connectivity index (χ4n) is 4.07. The minimum absolute atomic E-state index is 0.0139. The van der Waals surface area contributed by atoms with Crippen LogP contribution in [-0.2, 0) is 4.79 Å². The first-order valence-corrected chi connectivity index (χ1v) is 9.97. The Morgan fingerprint density at radius 3 is 2.35 bits per heavy atom. The van der Waals surface area contributed by atoms with E-state index in [1.54, 1.807) is 0 Å². The fraction of sp³-hybridized carbons (Fsp3) is 0.667. The van der Waals surface area contributed by atoms with Crippen LogP contribution in [0.4, 0.5) is 0 Å². The second-order valence-electron chi connectivity index (χ2n) is 8.18. The molecule has 1 unspecified atom stereocenters. The number of likely N-dealkylation sites (tertiary alicyclic amines) is 2. The summed E-state index contributed by atoms with van der Waals surface area (Å²) < 4.78 is 0. The van der Waals surface area contributed by atoms with E-state index in [2.05, 4.69) is 46.3 Å². The van der Waals surface area contributed by atoms with Crippen LogP contribution < -0.4 is 5.32 Å². The Labute approximate surface area is 157 Å². The maximum Gasteiger partial charge on any atom is 0.234 e. The van der Waals surface area contributed by atoms with Gasteiger partial charge in [-0.3, -0.25) is 9.69 Å². The second-order valence-corrected chi connectivity index (χ2v) is 8.18. The fourth-order valence-corrected chi connectivity index (χ4v) is 4.07. The summed E-state index contributed by atoms with van der Waals surface area (Å²) in [5.74, 6) is 0.0584. The van der Waals surface area contributed by atoms with E-state index in [1.165, 1.54) is 18.4 Å². The molecule has 5 heteroatoms. The first-order valence-electron chi connectivity index (χ1n) is 9.97. The molecule has 5 nitrogen and oxygen atoms in total. The van der Waals surface area contributed by atoms with Gasteiger partial charge in [-0.15, -0.1) is 0 Å². The molecule has 0 aromatic heterocycles. The highest BCUT2D eigenvalue weighted by atomic mass is 16.3. The smallest absolute Gasteiger partial charge is 0.234 e. The molecule has 2 saturated heterocycles. The Morgan fingerprint density at radius 1 is 1.12 bits per heavy atom. The molecule has 1 amide bonds. The van der Waals surface area contributed by atoms with Gasteiger partial charge < -0.3 is 15.3 Å². The van der Waals surface area contributed by atoms with E-state index in [4.69, 9.17) is 0 Å². The number of nitrogens with one attached hydrogen (secondary N) is 1. The summed E-state index contributed by atoms with van der Waals surface area (Å²) in [5, 5.41) is 13.9. The van der Waals surface area contributed by atoms with E-state index in [9.17, 15) is 9.90 Å². The molecule has 144 valence electrons. The second kappa shape index (κ2) is 8.51. The predicted octanol–water partition coefficient (Wildman–Crippen LogP) is 2.09. The lowest BCUT2D eigenvalue weighted by molar-refractivity contribution is -0.124. The number of aryl methyl sites for hydroxylation is 1. The van der Waals surface area contributed by atoms with Crippen LogP contribution >= 0.6 is 0 Å². The van der Waals surface area contributed by atoms with Crippen molar-refractivity contribution in [2.45, 2.75) is 51.2 Å². The number of carbonyl (C=O) groups is 1. The number of aliphatic hydroxyl groups is 1. The monoisotopic (exact) mass is 359 g/mol. The number of β-amino-alcohol motifs (C(OH)–C–C–N with tert-alkyl or cyclic N) is 1. The van der Waals surface area contributed by atoms with E-state index in [0.29, 0.717) is 6.54 Å². The normalized spacial score (nSPS) is 22.3. The lowest BCUT2D eigenvalue weighted by Crippen LogP contribution is -2.52. The van der Waals surface area contributed by atoms with Gasteiger partial charge in [0.2, 0.25) is 5.91 Å². The van der Waals surface area contributed by atoms with Gasteiger partial charge in [0.1, 0.15) is 0 Å². The van der Waals surface area contributed by atoms with Gasteiger partial charge in [0, 0.05) is 19.6 Å². The topological polar surface area (TPSA) is 55.8 Å². The average Bonchev–Trinajstić information content (AvgIpc) is 3.10. The largest absolute Gasteiger partial charge is 0.388 e. The molecule has 1 atom stereocenters. The minimum Gasteiger partial charge on any atom is -0.388 e. The van der Waals surface area contributed by atoms with Crippen molar-refractivity contribution in [2.24, 2.45) is 0 Å². The Morgan fingerprint density at radius 2 is 1.73 bits per heavy atom. The maximum atomic E-state index is 12.4. The summed E-state index contributed by atoms with van der Waals surface area (Å²) >= 11 is 0. The van der Waals surface area contributed by atoms with Crippen molar-refractivity contribution in [3.8, 4) is 0 Å². The third-order valence-corrected chi connectivity index (χ3v) is 5.83. The number of nitrogens with zero attached hydrogens (tertiary/aromatic N) is 2. The summed E-state index contributed by atoms with van der Waals surface area (Å²) in [6.45, 7) is 9.10. The van der Waals surface area contributed by atoms with E-state index in [0.717, 1.165) is 51.1 Å². The highest BCUT2D eigenvalue weighted by Gasteiger charge is 2.35. The molecule has 2 fully saturated rings.